The first-order valence-electron chi connectivity index (χ1n) is 6.65. The standard InChI is InChI=1S/C16H26O2/c1-13(12-17-5)10-11-18-15-8-6-14(7-9-15)16(2,3)4/h6-9,13H,10-12H2,1-5H3. The number of benzene rings is 1. The molecule has 2 nitrogen and oxygen atoms in total. The van der Waals surface area contributed by atoms with E-state index in [0.29, 0.717) is 5.92 Å². The van der Waals surface area contributed by atoms with Gasteiger partial charge in [-0.1, -0.05) is 39.8 Å². The molecule has 0 spiro atoms. The Balaban J connectivity index is 2.40. The summed E-state index contributed by atoms with van der Waals surface area (Å²) in [7, 11) is 1.74. The number of methoxy groups -OCH3 is 1. The van der Waals surface area contributed by atoms with Crippen LogP contribution in [0.25, 0.3) is 0 Å². The highest BCUT2D eigenvalue weighted by atomic mass is 16.5. The molecule has 1 aromatic rings. The summed E-state index contributed by atoms with van der Waals surface area (Å²) in [6.45, 7) is 10.4. The zero-order chi connectivity index (χ0) is 13.6. The van der Waals surface area contributed by atoms with Crippen LogP contribution in [0.5, 0.6) is 5.75 Å². The largest absolute Gasteiger partial charge is 0.494 e. The fourth-order valence-electron chi connectivity index (χ4n) is 1.80. The van der Waals surface area contributed by atoms with E-state index in [1.165, 1.54) is 5.56 Å². The molecule has 0 fully saturated rings. The van der Waals surface area contributed by atoms with E-state index in [9.17, 15) is 0 Å². The van der Waals surface area contributed by atoms with Gasteiger partial charge in [-0.25, -0.2) is 0 Å². The van der Waals surface area contributed by atoms with Crippen LogP contribution in [-0.4, -0.2) is 20.3 Å². The van der Waals surface area contributed by atoms with Gasteiger partial charge >= 0.3 is 0 Å². The third kappa shape index (κ3) is 5.09. The molecule has 1 unspecified atom stereocenters. The number of ether oxygens (including phenoxy) is 2. The van der Waals surface area contributed by atoms with Crippen LogP contribution in [0.2, 0.25) is 0 Å². The molecule has 0 aliphatic heterocycles. The molecule has 0 N–H and O–H groups in total. The molecule has 1 rings (SSSR count). The third-order valence-electron chi connectivity index (χ3n) is 3.05. The normalized spacial score (nSPS) is 13.4. The minimum absolute atomic E-state index is 0.200. The van der Waals surface area contributed by atoms with Crippen molar-refractivity contribution >= 4 is 0 Å². The second-order valence-corrected chi connectivity index (χ2v) is 5.97. The van der Waals surface area contributed by atoms with Gasteiger partial charge in [-0.05, 0) is 35.4 Å². The fourth-order valence-corrected chi connectivity index (χ4v) is 1.80. The highest BCUT2D eigenvalue weighted by Gasteiger charge is 2.12. The van der Waals surface area contributed by atoms with Crippen molar-refractivity contribution < 1.29 is 9.47 Å². The van der Waals surface area contributed by atoms with Crippen molar-refractivity contribution in [1.82, 2.24) is 0 Å². The Bertz CT molecular complexity index is 335. The lowest BCUT2D eigenvalue weighted by Crippen LogP contribution is -2.11. The second kappa shape index (κ2) is 6.79. The van der Waals surface area contributed by atoms with Crippen LogP contribution in [0.1, 0.15) is 39.7 Å². The van der Waals surface area contributed by atoms with Crippen LogP contribution >= 0.6 is 0 Å². The van der Waals surface area contributed by atoms with Crippen LogP contribution in [-0.2, 0) is 10.2 Å². The molecule has 0 aliphatic carbocycles. The number of rotatable bonds is 6. The van der Waals surface area contributed by atoms with E-state index in [0.717, 1.165) is 25.4 Å². The highest BCUT2D eigenvalue weighted by Crippen LogP contribution is 2.24. The lowest BCUT2D eigenvalue weighted by Gasteiger charge is -2.19. The van der Waals surface area contributed by atoms with E-state index in [1.807, 2.05) is 0 Å². The van der Waals surface area contributed by atoms with Crippen molar-refractivity contribution in [2.45, 2.75) is 39.5 Å². The van der Waals surface area contributed by atoms with Gasteiger partial charge in [0.15, 0.2) is 0 Å². The van der Waals surface area contributed by atoms with E-state index in [1.54, 1.807) is 7.11 Å². The quantitative estimate of drug-likeness (QED) is 0.758. The van der Waals surface area contributed by atoms with Crippen LogP contribution in [0.3, 0.4) is 0 Å². The number of hydrogen-bond donors (Lipinski definition) is 0. The summed E-state index contributed by atoms with van der Waals surface area (Å²) in [6, 6.07) is 8.41. The maximum Gasteiger partial charge on any atom is 0.119 e. The van der Waals surface area contributed by atoms with E-state index in [4.69, 9.17) is 9.47 Å². The van der Waals surface area contributed by atoms with E-state index in [-0.39, 0.29) is 5.41 Å². The van der Waals surface area contributed by atoms with E-state index >= 15 is 0 Å². The Morgan fingerprint density at radius 2 is 1.72 bits per heavy atom. The maximum atomic E-state index is 5.74. The maximum absolute atomic E-state index is 5.74. The summed E-state index contributed by atoms with van der Waals surface area (Å²) in [4.78, 5) is 0. The Kier molecular flexibility index (Phi) is 5.67. The van der Waals surface area contributed by atoms with Gasteiger partial charge in [0.05, 0.1) is 6.61 Å². The van der Waals surface area contributed by atoms with Gasteiger partial charge in [0, 0.05) is 13.7 Å². The monoisotopic (exact) mass is 250 g/mol. The Morgan fingerprint density at radius 1 is 1.11 bits per heavy atom. The van der Waals surface area contributed by atoms with Gasteiger partial charge in [-0.15, -0.1) is 0 Å². The summed E-state index contributed by atoms with van der Waals surface area (Å²) >= 11 is 0. The molecule has 2 heteroatoms. The Morgan fingerprint density at radius 3 is 2.22 bits per heavy atom. The predicted molar refractivity (Wildman–Crippen MR) is 76.3 cm³/mol. The van der Waals surface area contributed by atoms with Crippen molar-refractivity contribution in [2.24, 2.45) is 5.92 Å². The summed E-state index contributed by atoms with van der Waals surface area (Å²) in [5.41, 5.74) is 1.54. The summed E-state index contributed by atoms with van der Waals surface area (Å²) in [6.07, 6.45) is 1.02. The van der Waals surface area contributed by atoms with Gasteiger partial charge in [0.2, 0.25) is 0 Å². The van der Waals surface area contributed by atoms with Crippen molar-refractivity contribution in [3.8, 4) is 5.75 Å². The molecule has 0 aromatic heterocycles. The molecule has 0 heterocycles. The average Bonchev–Trinajstić information content (AvgIpc) is 2.29. The van der Waals surface area contributed by atoms with Gasteiger partial charge < -0.3 is 9.47 Å². The minimum atomic E-state index is 0.200. The fraction of sp³-hybridized carbons (Fsp3) is 0.625. The van der Waals surface area contributed by atoms with Crippen LogP contribution in [0, 0.1) is 5.92 Å². The molecule has 0 saturated carbocycles. The molecular formula is C16H26O2. The van der Waals surface area contributed by atoms with Crippen molar-refractivity contribution in [2.75, 3.05) is 20.3 Å². The zero-order valence-corrected chi connectivity index (χ0v) is 12.3. The van der Waals surface area contributed by atoms with Crippen molar-refractivity contribution in [3.63, 3.8) is 0 Å². The SMILES string of the molecule is COCC(C)CCOc1ccc(C(C)(C)C)cc1. The third-order valence-corrected chi connectivity index (χ3v) is 3.05. The molecule has 1 aromatic carbocycles. The smallest absolute Gasteiger partial charge is 0.119 e. The molecule has 0 radical (unpaired) electrons. The molecule has 1 atom stereocenters. The Labute approximate surface area is 111 Å². The molecule has 0 saturated heterocycles. The van der Waals surface area contributed by atoms with Gasteiger partial charge in [-0.3, -0.25) is 0 Å². The summed E-state index contributed by atoms with van der Waals surface area (Å²) < 4.78 is 10.8. The molecule has 102 valence electrons. The lowest BCUT2D eigenvalue weighted by molar-refractivity contribution is 0.144. The zero-order valence-electron chi connectivity index (χ0n) is 12.3. The van der Waals surface area contributed by atoms with Gasteiger partial charge in [0.1, 0.15) is 5.75 Å². The van der Waals surface area contributed by atoms with Crippen LogP contribution in [0.4, 0.5) is 0 Å². The van der Waals surface area contributed by atoms with Crippen molar-refractivity contribution in [3.05, 3.63) is 29.8 Å². The first-order valence-corrected chi connectivity index (χ1v) is 6.65. The summed E-state index contributed by atoms with van der Waals surface area (Å²) in [5, 5.41) is 0. The topological polar surface area (TPSA) is 18.5 Å². The average molecular weight is 250 g/mol. The van der Waals surface area contributed by atoms with Crippen molar-refractivity contribution in [1.29, 1.82) is 0 Å². The molecule has 0 aliphatic rings. The van der Waals surface area contributed by atoms with E-state index in [2.05, 4.69) is 52.0 Å². The minimum Gasteiger partial charge on any atom is -0.494 e. The molecular weight excluding hydrogens is 224 g/mol. The molecule has 0 bridgehead atoms. The summed E-state index contributed by atoms with van der Waals surface area (Å²) in [5.74, 6) is 1.50. The predicted octanol–water partition coefficient (Wildman–Crippen LogP) is 4.04. The van der Waals surface area contributed by atoms with Crippen LogP contribution in [0.15, 0.2) is 24.3 Å². The molecule has 0 amide bonds. The second-order valence-electron chi connectivity index (χ2n) is 5.97. The highest BCUT2D eigenvalue weighted by molar-refractivity contribution is 5.31. The first-order chi connectivity index (χ1) is 8.43. The number of hydrogen-bond acceptors (Lipinski definition) is 2. The van der Waals surface area contributed by atoms with Crippen LogP contribution < -0.4 is 4.74 Å². The molecule has 18 heavy (non-hydrogen) atoms. The lowest BCUT2D eigenvalue weighted by atomic mass is 9.87. The first kappa shape index (κ1) is 15.0. The Hall–Kier alpha value is -1.02. The van der Waals surface area contributed by atoms with Gasteiger partial charge in [0.25, 0.3) is 0 Å². The van der Waals surface area contributed by atoms with Gasteiger partial charge in [-0.2, -0.15) is 0 Å². The van der Waals surface area contributed by atoms with E-state index < -0.39 is 0 Å².